The zero-order valence-electron chi connectivity index (χ0n) is 8.77. The average molecular weight is 200 g/mol. The molecule has 0 saturated carbocycles. The van der Waals surface area contributed by atoms with Gasteiger partial charge in [-0.25, -0.2) is 6.57 Å². The molecule has 0 radical (unpaired) electrons. The second-order valence-corrected chi connectivity index (χ2v) is 3.27. The Labute approximate surface area is 89.7 Å². The average Bonchev–Trinajstić information content (AvgIpc) is 2.30. The molecule has 0 bridgehead atoms. The lowest BCUT2D eigenvalue weighted by atomic mass is 9.94. The summed E-state index contributed by atoms with van der Waals surface area (Å²) in [5, 5.41) is 8.79. The van der Waals surface area contributed by atoms with Crippen LogP contribution in [0.1, 0.15) is 18.4 Å². The largest absolute Gasteiger partial charge is 0.497 e. The molecule has 0 aromatic heterocycles. The summed E-state index contributed by atoms with van der Waals surface area (Å²) in [6.45, 7) is 8.79. The molecule has 0 aliphatic carbocycles. The third-order valence-corrected chi connectivity index (χ3v) is 2.36. The Kier molecular flexibility index (Phi) is 3.71. The molecular formula is C12H12N2O. The number of benzene rings is 1. The molecule has 0 aliphatic rings. The first kappa shape index (κ1) is 11.1. The Balaban J connectivity index is 2.97. The van der Waals surface area contributed by atoms with E-state index in [9.17, 15) is 0 Å². The van der Waals surface area contributed by atoms with Crippen molar-refractivity contribution >= 4 is 0 Å². The van der Waals surface area contributed by atoms with Crippen LogP contribution in [0, 0.1) is 17.9 Å². The summed E-state index contributed by atoms with van der Waals surface area (Å²) < 4.78 is 5.09. The highest BCUT2D eigenvalue weighted by atomic mass is 16.5. The molecular weight excluding hydrogens is 188 g/mol. The third-order valence-electron chi connectivity index (χ3n) is 2.36. The number of hydrogen-bond acceptors (Lipinski definition) is 2. The van der Waals surface area contributed by atoms with E-state index in [-0.39, 0.29) is 5.92 Å². The molecule has 0 heterocycles. The molecule has 0 aliphatic heterocycles. The summed E-state index contributed by atoms with van der Waals surface area (Å²) in [5.74, 6) is 0.656. The van der Waals surface area contributed by atoms with E-state index in [2.05, 4.69) is 4.85 Å². The minimum atomic E-state index is -0.628. The van der Waals surface area contributed by atoms with Gasteiger partial charge in [0.2, 0.25) is 0 Å². The zero-order valence-corrected chi connectivity index (χ0v) is 8.77. The van der Waals surface area contributed by atoms with Crippen LogP contribution in [0.5, 0.6) is 5.75 Å². The van der Waals surface area contributed by atoms with Gasteiger partial charge in [-0.3, -0.25) is 4.85 Å². The topological polar surface area (TPSA) is 37.4 Å². The summed E-state index contributed by atoms with van der Waals surface area (Å²) in [4.78, 5) is 3.29. The first-order chi connectivity index (χ1) is 7.22. The lowest BCUT2D eigenvalue weighted by Gasteiger charge is -2.10. The number of methoxy groups -OCH3 is 1. The van der Waals surface area contributed by atoms with Crippen molar-refractivity contribution in [3.05, 3.63) is 41.2 Å². The Bertz CT molecular complexity index is 400. The van der Waals surface area contributed by atoms with Crippen LogP contribution in [0.25, 0.3) is 4.85 Å². The van der Waals surface area contributed by atoms with E-state index in [1.54, 1.807) is 7.11 Å². The minimum absolute atomic E-state index is 0.0948. The maximum Gasteiger partial charge on any atom is 0.313 e. The third kappa shape index (κ3) is 2.48. The lowest BCUT2D eigenvalue weighted by molar-refractivity contribution is 0.414. The zero-order chi connectivity index (χ0) is 11.3. The van der Waals surface area contributed by atoms with Gasteiger partial charge in [0.25, 0.3) is 0 Å². The molecule has 1 aromatic carbocycles. The Morgan fingerprint density at radius 1 is 1.53 bits per heavy atom. The van der Waals surface area contributed by atoms with E-state index in [1.807, 2.05) is 37.3 Å². The molecule has 3 nitrogen and oxygen atoms in total. The number of hydrogen-bond donors (Lipinski definition) is 0. The van der Waals surface area contributed by atoms with Gasteiger partial charge in [-0.2, -0.15) is 5.26 Å². The SMILES string of the molecule is [C-]#[N+]C(C#N)C(C)c1cccc(OC)c1. The Hall–Kier alpha value is -2.00. The smallest absolute Gasteiger partial charge is 0.313 e. The number of ether oxygens (including phenoxy) is 1. The first-order valence-electron chi connectivity index (χ1n) is 4.63. The van der Waals surface area contributed by atoms with E-state index in [1.165, 1.54) is 0 Å². The summed E-state index contributed by atoms with van der Waals surface area (Å²) in [6.07, 6.45) is 0. The first-order valence-corrected chi connectivity index (χ1v) is 4.63. The highest BCUT2D eigenvalue weighted by molar-refractivity contribution is 5.33. The molecule has 76 valence electrons. The summed E-state index contributed by atoms with van der Waals surface area (Å²) in [5.41, 5.74) is 0.955. The molecule has 2 unspecified atom stereocenters. The molecule has 1 aromatic rings. The van der Waals surface area contributed by atoms with Gasteiger partial charge in [0.05, 0.1) is 13.0 Å². The van der Waals surface area contributed by atoms with Crippen molar-refractivity contribution in [3.8, 4) is 11.8 Å². The van der Waals surface area contributed by atoms with E-state index in [0.29, 0.717) is 0 Å². The van der Waals surface area contributed by atoms with Gasteiger partial charge in [0.15, 0.2) is 6.07 Å². The quantitative estimate of drug-likeness (QED) is 0.703. The van der Waals surface area contributed by atoms with Crippen LogP contribution < -0.4 is 4.74 Å². The van der Waals surface area contributed by atoms with Crippen molar-refractivity contribution < 1.29 is 4.74 Å². The van der Waals surface area contributed by atoms with Crippen molar-refractivity contribution in [1.82, 2.24) is 0 Å². The van der Waals surface area contributed by atoms with Gasteiger partial charge in [-0.15, -0.1) is 0 Å². The van der Waals surface area contributed by atoms with Gasteiger partial charge < -0.3 is 4.74 Å². The summed E-state index contributed by atoms with van der Waals surface area (Å²) >= 11 is 0. The predicted molar refractivity (Wildman–Crippen MR) is 57.4 cm³/mol. The van der Waals surface area contributed by atoms with E-state index >= 15 is 0 Å². The molecule has 2 atom stereocenters. The molecule has 15 heavy (non-hydrogen) atoms. The van der Waals surface area contributed by atoms with Crippen molar-refractivity contribution in [2.75, 3.05) is 7.11 Å². The second-order valence-electron chi connectivity index (χ2n) is 3.27. The van der Waals surface area contributed by atoms with Crippen LogP contribution in [-0.4, -0.2) is 13.2 Å². The van der Waals surface area contributed by atoms with Gasteiger partial charge in [-0.05, 0) is 24.6 Å². The molecule has 0 spiro atoms. The fourth-order valence-corrected chi connectivity index (χ4v) is 1.36. The summed E-state index contributed by atoms with van der Waals surface area (Å²) in [7, 11) is 1.60. The van der Waals surface area contributed by atoms with Crippen LogP contribution in [-0.2, 0) is 0 Å². The normalized spacial score (nSPS) is 13.3. The predicted octanol–water partition coefficient (Wildman–Crippen LogP) is 2.61. The maximum absolute atomic E-state index is 8.79. The van der Waals surface area contributed by atoms with Gasteiger partial charge in [0, 0.05) is 0 Å². The Morgan fingerprint density at radius 3 is 2.80 bits per heavy atom. The standard InChI is InChI=1S/C12H12N2O/c1-9(12(8-13)14-2)10-5-4-6-11(7-10)15-3/h4-7,9,12H,1,3H3. The van der Waals surface area contributed by atoms with Gasteiger partial charge >= 0.3 is 6.04 Å². The van der Waals surface area contributed by atoms with Crippen molar-refractivity contribution in [3.63, 3.8) is 0 Å². The van der Waals surface area contributed by atoms with E-state index < -0.39 is 6.04 Å². The molecule has 0 fully saturated rings. The van der Waals surface area contributed by atoms with E-state index in [0.717, 1.165) is 11.3 Å². The van der Waals surface area contributed by atoms with Crippen LogP contribution in [0.4, 0.5) is 0 Å². The fourth-order valence-electron chi connectivity index (χ4n) is 1.36. The van der Waals surface area contributed by atoms with Gasteiger partial charge in [0.1, 0.15) is 5.75 Å². The van der Waals surface area contributed by atoms with Gasteiger partial charge in [-0.1, -0.05) is 12.1 Å². The second kappa shape index (κ2) is 5.02. The highest BCUT2D eigenvalue weighted by Gasteiger charge is 2.22. The van der Waals surface area contributed by atoms with Crippen LogP contribution >= 0.6 is 0 Å². The molecule has 3 heteroatoms. The fraction of sp³-hybridized carbons (Fsp3) is 0.333. The van der Waals surface area contributed by atoms with Crippen molar-refractivity contribution in [1.29, 1.82) is 5.26 Å². The van der Waals surface area contributed by atoms with Crippen LogP contribution in [0.15, 0.2) is 24.3 Å². The monoisotopic (exact) mass is 200 g/mol. The number of nitrogens with zero attached hydrogens (tertiary/aromatic N) is 2. The van der Waals surface area contributed by atoms with Crippen molar-refractivity contribution in [2.24, 2.45) is 0 Å². The lowest BCUT2D eigenvalue weighted by Crippen LogP contribution is -2.09. The Morgan fingerprint density at radius 2 is 2.27 bits per heavy atom. The van der Waals surface area contributed by atoms with Crippen molar-refractivity contribution in [2.45, 2.75) is 18.9 Å². The molecule has 0 amide bonds. The van der Waals surface area contributed by atoms with E-state index in [4.69, 9.17) is 16.6 Å². The molecule has 1 rings (SSSR count). The number of rotatable bonds is 3. The number of nitriles is 1. The van der Waals surface area contributed by atoms with Crippen LogP contribution in [0.3, 0.4) is 0 Å². The maximum atomic E-state index is 8.79. The highest BCUT2D eigenvalue weighted by Crippen LogP contribution is 2.24. The van der Waals surface area contributed by atoms with Crippen LogP contribution in [0.2, 0.25) is 0 Å². The minimum Gasteiger partial charge on any atom is -0.497 e. The molecule has 0 saturated heterocycles. The summed E-state index contributed by atoms with van der Waals surface area (Å²) in [6, 6.07) is 8.84. The molecule has 0 N–H and O–H groups in total.